The summed E-state index contributed by atoms with van der Waals surface area (Å²) in [5, 5.41) is 6.58. The number of carbonyl (C=O) groups is 4. The molecule has 0 bridgehead atoms. The van der Waals surface area contributed by atoms with Gasteiger partial charge in [0.1, 0.15) is 11.8 Å². The van der Waals surface area contributed by atoms with Gasteiger partial charge in [0, 0.05) is 23.9 Å². The number of methoxy groups -OCH3 is 1. The van der Waals surface area contributed by atoms with Crippen molar-refractivity contribution in [2.75, 3.05) is 25.2 Å². The SMILES string of the molecule is COc1ccc(CS(=O)(=O)N(C(=O)[C@@H](N)CCCN=C(N)N)N2C=CCc3cc(C(=O)CNC(=O)[C@@H](NC(=O)c4ccccc4)C(C)C)ccc32)cc1. The Morgan fingerprint density at radius 2 is 1.68 bits per heavy atom. The van der Waals surface area contributed by atoms with E-state index >= 15 is 0 Å². The van der Waals surface area contributed by atoms with Crippen molar-refractivity contribution in [2.24, 2.45) is 28.1 Å². The van der Waals surface area contributed by atoms with Gasteiger partial charge in [-0.25, -0.2) is 13.4 Å². The van der Waals surface area contributed by atoms with Crippen molar-refractivity contribution in [2.45, 2.75) is 50.9 Å². The minimum Gasteiger partial charge on any atom is -0.497 e. The quantitative estimate of drug-likeness (QED) is 0.0580. The van der Waals surface area contributed by atoms with Gasteiger partial charge in [-0.05, 0) is 78.8 Å². The molecule has 0 unspecified atom stereocenters. The van der Waals surface area contributed by atoms with Crippen LogP contribution < -0.4 is 37.6 Å². The summed E-state index contributed by atoms with van der Waals surface area (Å²) in [7, 11) is -2.89. The number of benzene rings is 3. The third-order valence-electron chi connectivity index (χ3n) is 8.37. The van der Waals surface area contributed by atoms with Gasteiger partial charge < -0.3 is 32.6 Å². The number of nitrogens with two attached hydrogens (primary N) is 3. The molecule has 8 N–H and O–H groups in total. The number of nitrogens with one attached hydrogen (secondary N) is 2. The number of hydrazine groups is 1. The lowest BCUT2D eigenvalue weighted by atomic mass is 10.0. The number of Topliss-reactive ketones (excluding diaryl/α,β-unsaturated/α-hetero) is 1. The number of hydrogen-bond donors (Lipinski definition) is 5. The molecule has 0 aromatic heterocycles. The molecule has 0 spiro atoms. The Morgan fingerprint density at radius 3 is 2.32 bits per heavy atom. The fraction of sp³-hybridized carbons (Fsp3) is 0.324. The zero-order chi connectivity index (χ0) is 38.7. The Bertz CT molecular complexity index is 1950. The molecule has 2 atom stereocenters. The molecule has 4 rings (SSSR count). The van der Waals surface area contributed by atoms with E-state index in [0.29, 0.717) is 45.4 Å². The number of sulfonamides is 1. The number of allylic oxidation sites excluding steroid dienone is 1. The van der Waals surface area contributed by atoms with Crippen molar-refractivity contribution in [3.63, 3.8) is 0 Å². The summed E-state index contributed by atoms with van der Waals surface area (Å²) in [6.45, 7) is 3.42. The highest BCUT2D eigenvalue weighted by Crippen LogP contribution is 2.31. The number of fused-ring (bicyclic) bond motifs is 1. The largest absolute Gasteiger partial charge is 0.497 e. The average Bonchev–Trinajstić information content (AvgIpc) is 3.14. The average molecular weight is 747 g/mol. The van der Waals surface area contributed by atoms with E-state index in [-0.39, 0.29) is 37.0 Å². The Kier molecular flexibility index (Phi) is 13.7. The second-order valence-corrected chi connectivity index (χ2v) is 14.5. The maximum Gasteiger partial charge on any atom is 0.272 e. The van der Waals surface area contributed by atoms with Crippen molar-refractivity contribution < 1.29 is 32.3 Å². The van der Waals surface area contributed by atoms with Crippen LogP contribution in [0.3, 0.4) is 0 Å². The van der Waals surface area contributed by atoms with Crippen molar-refractivity contribution in [3.8, 4) is 5.75 Å². The van der Waals surface area contributed by atoms with Crippen LogP contribution >= 0.6 is 0 Å². The lowest BCUT2D eigenvalue weighted by Crippen LogP contribution is -2.54. The fourth-order valence-corrected chi connectivity index (χ4v) is 7.10. The monoisotopic (exact) mass is 746 g/mol. The van der Waals surface area contributed by atoms with Crippen LogP contribution in [0.5, 0.6) is 5.75 Å². The Morgan fingerprint density at radius 1 is 0.981 bits per heavy atom. The molecule has 3 amide bonds. The number of aliphatic imine (C=N–C) groups is 1. The summed E-state index contributed by atoms with van der Waals surface area (Å²) in [5.41, 5.74) is 19.0. The number of anilines is 1. The van der Waals surface area contributed by atoms with Gasteiger partial charge in [-0.3, -0.25) is 24.2 Å². The van der Waals surface area contributed by atoms with Gasteiger partial charge in [-0.2, -0.15) is 0 Å². The minimum absolute atomic E-state index is 0.0986. The van der Waals surface area contributed by atoms with Crippen LogP contribution in [0.4, 0.5) is 5.69 Å². The van der Waals surface area contributed by atoms with Gasteiger partial charge in [-0.15, -0.1) is 4.41 Å². The van der Waals surface area contributed by atoms with Crippen molar-refractivity contribution >= 4 is 45.2 Å². The fourth-order valence-electron chi connectivity index (χ4n) is 5.55. The molecule has 0 saturated carbocycles. The van der Waals surface area contributed by atoms with Gasteiger partial charge in [0.25, 0.3) is 21.8 Å². The molecule has 3 aromatic rings. The summed E-state index contributed by atoms with van der Waals surface area (Å²) < 4.78 is 34.0. The van der Waals surface area contributed by atoms with E-state index in [4.69, 9.17) is 21.9 Å². The maximum absolute atomic E-state index is 14.1. The first-order valence-corrected chi connectivity index (χ1v) is 18.6. The van der Waals surface area contributed by atoms with Crippen molar-refractivity contribution in [3.05, 3.63) is 107 Å². The van der Waals surface area contributed by atoms with Crippen LogP contribution in [-0.2, 0) is 31.8 Å². The third-order valence-corrected chi connectivity index (χ3v) is 9.95. The van der Waals surface area contributed by atoms with Crippen LogP contribution in [0.2, 0.25) is 0 Å². The predicted molar refractivity (Wildman–Crippen MR) is 202 cm³/mol. The molecular formula is C37H46N8O7S. The summed E-state index contributed by atoms with van der Waals surface area (Å²) in [6, 6.07) is 17.4. The van der Waals surface area contributed by atoms with Crippen LogP contribution in [0.25, 0.3) is 0 Å². The van der Waals surface area contributed by atoms with E-state index in [1.165, 1.54) is 24.4 Å². The van der Waals surface area contributed by atoms with Crippen LogP contribution in [-0.4, -0.2) is 74.6 Å². The number of amides is 3. The Hall–Kier alpha value is -5.74. The lowest BCUT2D eigenvalue weighted by molar-refractivity contribution is -0.128. The predicted octanol–water partition coefficient (Wildman–Crippen LogP) is 1.98. The highest BCUT2D eigenvalue weighted by atomic mass is 32.2. The molecule has 1 heterocycles. The van der Waals surface area contributed by atoms with Crippen LogP contribution in [0.1, 0.15) is 58.5 Å². The minimum atomic E-state index is -4.39. The molecule has 1 aliphatic rings. The van der Waals surface area contributed by atoms with Gasteiger partial charge >= 0.3 is 0 Å². The van der Waals surface area contributed by atoms with Gasteiger partial charge in [0.2, 0.25) is 5.91 Å². The maximum atomic E-state index is 14.1. The summed E-state index contributed by atoms with van der Waals surface area (Å²) in [6.07, 6.45) is 3.87. The molecular weight excluding hydrogens is 701 g/mol. The summed E-state index contributed by atoms with van der Waals surface area (Å²) in [4.78, 5) is 56.9. The second kappa shape index (κ2) is 18.1. The van der Waals surface area contributed by atoms with Crippen LogP contribution in [0.15, 0.2) is 90.1 Å². The van der Waals surface area contributed by atoms with Crippen LogP contribution in [0, 0.1) is 5.92 Å². The molecule has 15 nitrogen and oxygen atoms in total. The summed E-state index contributed by atoms with van der Waals surface area (Å²) in [5.74, 6) is -2.59. The van der Waals surface area contributed by atoms with Crippen molar-refractivity contribution in [1.82, 2.24) is 15.0 Å². The normalized spacial score (nSPS) is 13.3. The zero-order valence-corrected chi connectivity index (χ0v) is 30.7. The first-order chi connectivity index (χ1) is 25.2. The first-order valence-electron chi connectivity index (χ1n) is 17.0. The molecule has 53 heavy (non-hydrogen) atoms. The molecule has 1 aliphatic heterocycles. The highest BCUT2D eigenvalue weighted by molar-refractivity contribution is 7.88. The number of rotatable bonds is 17. The number of hydrogen-bond acceptors (Lipinski definition) is 10. The first kappa shape index (κ1) is 40.0. The topological polar surface area (TPSA) is 233 Å². The molecule has 3 aromatic carbocycles. The second-order valence-electron chi connectivity index (χ2n) is 12.7. The third kappa shape index (κ3) is 10.6. The highest BCUT2D eigenvalue weighted by Gasteiger charge is 2.37. The number of ether oxygens (including phenoxy) is 1. The number of carbonyl (C=O) groups excluding carboxylic acids is 4. The van der Waals surface area contributed by atoms with E-state index in [1.54, 1.807) is 86.7 Å². The number of ketones is 1. The smallest absolute Gasteiger partial charge is 0.272 e. The van der Waals surface area contributed by atoms with Crippen molar-refractivity contribution in [1.29, 1.82) is 0 Å². The zero-order valence-electron chi connectivity index (χ0n) is 29.9. The lowest BCUT2D eigenvalue weighted by Gasteiger charge is -2.37. The molecule has 0 fully saturated rings. The van der Waals surface area contributed by atoms with E-state index in [0.717, 1.165) is 0 Å². The molecule has 0 aliphatic carbocycles. The standard InChI is InChI=1S/C37H46N8O7S/c1-24(2)33(43-34(47)26-9-5-4-6-10-26)35(48)42-22-32(46)28-15-18-31-27(21-28)11-8-20-44(31)45(36(49)30(38)12-7-19-41-37(39)40)53(50,51)23-25-13-16-29(52-3)17-14-25/h4-6,8-10,13-18,20-21,24,30,33H,7,11-12,19,22-23,38H2,1-3H3,(H,42,48)(H,43,47)(H4,39,40,41)/t30-,33-/m0/s1. The van der Waals surface area contributed by atoms with Gasteiger partial charge in [0.15, 0.2) is 11.7 Å². The van der Waals surface area contributed by atoms with Gasteiger partial charge in [0.05, 0.1) is 31.1 Å². The van der Waals surface area contributed by atoms with E-state index in [2.05, 4.69) is 15.6 Å². The van der Waals surface area contributed by atoms with E-state index in [1.807, 2.05) is 0 Å². The summed E-state index contributed by atoms with van der Waals surface area (Å²) >= 11 is 0. The van der Waals surface area contributed by atoms with Gasteiger partial charge in [-0.1, -0.05) is 50.3 Å². The Balaban J connectivity index is 1.54. The Labute approximate surface area is 309 Å². The number of guanidine groups is 1. The molecule has 16 heteroatoms. The molecule has 282 valence electrons. The van der Waals surface area contributed by atoms with E-state index < -0.39 is 51.4 Å². The molecule has 0 saturated heterocycles. The molecule has 0 radical (unpaired) electrons. The van der Waals surface area contributed by atoms with E-state index in [9.17, 15) is 27.6 Å². The number of nitrogens with zero attached hydrogens (tertiary/aromatic N) is 3.